The number of aromatic nitrogens is 1. The Hall–Kier alpha value is -0.770. The van der Waals surface area contributed by atoms with Crippen LogP contribution in [0.25, 0.3) is 0 Å². The second-order valence-corrected chi connectivity index (χ2v) is 6.00. The lowest BCUT2D eigenvalue weighted by molar-refractivity contribution is 0.0923. The standard InChI is InChI=1S/C14H21BrN2O/c1-3-12(7-10-5-6-10)16-14(18)13-8-11(15)9-17(13)4-2/h8-10,12H,3-7H2,1-2H3,(H,16,18). The lowest BCUT2D eigenvalue weighted by Crippen LogP contribution is -2.35. The fourth-order valence-corrected chi connectivity index (χ4v) is 2.73. The normalized spacial score (nSPS) is 16.6. The van der Waals surface area contributed by atoms with Crippen LogP contribution in [0.5, 0.6) is 0 Å². The molecule has 3 nitrogen and oxygen atoms in total. The zero-order valence-electron chi connectivity index (χ0n) is 11.1. The first-order valence-corrected chi connectivity index (χ1v) is 7.59. The van der Waals surface area contributed by atoms with Gasteiger partial charge in [0.05, 0.1) is 0 Å². The highest BCUT2D eigenvalue weighted by atomic mass is 79.9. The third-order valence-electron chi connectivity index (χ3n) is 3.58. The van der Waals surface area contributed by atoms with E-state index in [2.05, 4.69) is 28.2 Å². The summed E-state index contributed by atoms with van der Waals surface area (Å²) < 4.78 is 2.94. The van der Waals surface area contributed by atoms with Gasteiger partial charge in [0, 0.05) is 23.3 Å². The van der Waals surface area contributed by atoms with Crippen molar-refractivity contribution in [3.05, 3.63) is 22.4 Å². The lowest BCUT2D eigenvalue weighted by Gasteiger charge is -2.17. The number of nitrogens with one attached hydrogen (secondary N) is 1. The predicted octanol–water partition coefficient (Wildman–Crippen LogP) is 3.58. The van der Waals surface area contributed by atoms with Crippen molar-refractivity contribution >= 4 is 21.8 Å². The molecule has 0 aliphatic heterocycles. The first kappa shape index (κ1) is 13.7. The van der Waals surface area contributed by atoms with E-state index in [4.69, 9.17) is 0 Å². The van der Waals surface area contributed by atoms with Crippen LogP contribution in [-0.4, -0.2) is 16.5 Å². The summed E-state index contributed by atoms with van der Waals surface area (Å²) in [4.78, 5) is 12.3. The summed E-state index contributed by atoms with van der Waals surface area (Å²) in [5, 5.41) is 3.16. The summed E-state index contributed by atoms with van der Waals surface area (Å²) in [7, 11) is 0. The van der Waals surface area contributed by atoms with Gasteiger partial charge in [-0.1, -0.05) is 19.8 Å². The van der Waals surface area contributed by atoms with Crippen molar-refractivity contribution in [2.24, 2.45) is 5.92 Å². The minimum absolute atomic E-state index is 0.0510. The fourth-order valence-electron chi connectivity index (χ4n) is 2.27. The molecular formula is C14H21BrN2O. The Labute approximate surface area is 117 Å². The molecule has 1 amide bonds. The van der Waals surface area contributed by atoms with Crippen LogP contribution < -0.4 is 5.32 Å². The Morgan fingerprint density at radius 3 is 2.83 bits per heavy atom. The first-order valence-electron chi connectivity index (χ1n) is 6.80. The number of hydrogen-bond acceptors (Lipinski definition) is 1. The molecule has 2 rings (SSSR count). The summed E-state index contributed by atoms with van der Waals surface area (Å²) >= 11 is 3.42. The molecule has 1 heterocycles. The molecule has 1 saturated carbocycles. The molecule has 1 atom stereocenters. The summed E-state index contributed by atoms with van der Waals surface area (Å²) in [6.07, 6.45) is 6.77. The van der Waals surface area contributed by atoms with E-state index in [9.17, 15) is 4.79 Å². The van der Waals surface area contributed by atoms with Crippen molar-refractivity contribution in [1.29, 1.82) is 0 Å². The number of aryl methyl sites for hydroxylation is 1. The van der Waals surface area contributed by atoms with E-state index in [1.165, 1.54) is 12.8 Å². The van der Waals surface area contributed by atoms with Crippen LogP contribution in [0.4, 0.5) is 0 Å². The highest BCUT2D eigenvalue weighted by molar-refractivity contribution is 9.10. The van der Waals surface area contributed by atoms with Crippen molar-refractivity contribution in [3.8, 4) is 0 Å². The SMILES string of the molecule is CCC(CC1CC1)NC(=O)c1cc(Br)cn1CC. The molecule has 1 aliphatic carbocycles. The minimum atomic E-state index is 0.0510. The Morgan fingerprint density at radius 2 is 2.28 bits per heavy atom. The number of amides is 1. The molecule has 1 fully saturated rings. The predicted molar refractivity (Wildman–Crippen MR) is 76.7 cm³/mol. The Kier molecular flexibility index (Phi) is 4.49. The van der Waals surface area contributed by atoms with Gasteiger partial charge in [0.1, 0.15) is 5.69 Å². The van der Waals surface area contributed by atoms with E-state index in [-0.39, 0.29) is 5.91 Å². The van der Waals surface area contributed by atoms with Gasteiger partial charge < -0.3 is 9.88 Å². The van der Waals surface area contributed by atoms with Crippen LogP contribution in [0.1, 0.15) is 50.0 Å². The molecule has 1 N–H and O–H groups in total. The number of nitrogens with zero attached hydrogens (tertiary/aromatic N) is 1. The summed E-state index contributed by atoms with van der Waals surface area (Å²) in [5.74, 6) is 0.898. The fraction of sp³-hybridized carbons (Fsp3) is 0.643. The molecule has 4 heteroatoms. The van der Waals surface area contributed by atoms with Crippen molar-refractivity contribution in [1.82, 2.24) is 9.88 Å². The number of halogens is 1. The maximum absolute atomic E-state index is 12.3. The quantitative estimate of drug-likeness (QED) is 0.856. The third kappa shape index (κ3) is 3.37. The van der Waals surface area contributed by atoms with Gasteiger partial charge in [-0.2, -0.15) is 0 Å². The van der Waals surface area contributed by atoms with Crippen LogP contribution in [0, 0.1) is 5.92 Å². The minimum Gasteiger partial charge on any atom is -0.348 e. The molecule has 1 unspecified atom stereocenters. The van der Waals surface area contributed by atoms with Gasteiger partial charge in [-0.25, -0.2) is 0 Å². The highest BCUT2D eigenvalue weighted by Gasteiger charge is 2.26. The smallest absolute Gasteiger partial charge is 0.268 e. The van der Waals surface area contributed by atoms with Crippen LogP contribution in [0.15, 0.2) is 16.7 Å². The molecule has 0 spiro atoms. The van der Waals surface area contributed by atoms with Gasteiger partial charge in [0.25, 0.3) is 5.91 Å². The van der Waals surface area contributed by atoms with Crippen LogP contribution in [0.3, 0.4) is 0 Å². The first-order chi connectivity index (χ1) is 8.63. The largest absolute Gasteiger partial charge is 0.348 e. The molecule has 0 radical (unpaired) electrons. The second-order valence-electron chi connectivity index (χ2n) is 5.09. The van der Waals surface area contributed by atoms with Crippen molar-refractivity contribution in [2.75, 3.05) is 0 Å². The molecule has 18 heavy (non-hydrogen) atoms. The Bertz CT molecular complexity index is 423. The number of hydrogen-bond donors (Lipinski definition) is 1. The third-order valence-corrected chi connectivity index (χ3v) is 4.01. The summed E-state index contributed by atoms with van der Waals surface area (Å²) in [6.45, 7) is 5.00. The van der Waals surface area contributed by atoms with Gasteiger partial charge in [-0.05, 0) is 47.7 Å². The molecule has 0 saturated heterocycles. The van der Waals surface area contributed by atoms with Crippen LogP contribution >= 0.6 is 15.9 Å². The Balaban J connectivity index is 2.00. The topological polar surface area (TPSA) is 34.0 Å². The van der Waals surface area contributed by atoms with Crippen LogP contribution in [0.2, 0.25) is 0 Å². The number of rotatable bonds is 6. The Morgan fingerprint density at radius 1 is 1.56 bits per heavy atom. The van der Waals surface area contributed by atoms with E-state index in [1.807, 2.05) is 23.8 Å². The molecule has 1 aromatic heterocycles. The molecule has 1 aromatic rings. The van der Waals surface area contributed by atoms with Crippen molar-refractivity contribution in [3.63, 3.8) is 0 Å². The zero-order chi connectivity index (χ0) is 13.1. The average molecular weight is 313 g/mol. The van der Waals surface area contributed by atoms with Crippen LogP contribution in [-0.2, 0) is 6.54 Å². The lowest BCUT2D eigenvalue weighted by atomic mass is 10.1. The molecular weight excluding hydrogens is 292 g/mol. The van der Waals surface area contributed by atoms with E-state index in [1.54, 1.807) is 0 Å². The van der Waals surface area contributed by atoms with Crippen molar-refractivity contribution < 1.29 is 4.79 Å². The average Bonchev–Trinajstić information content (AvgIpc) is 3.08. The van der Waals surface area contributed by atoms with Gasteiger partial charge >= 0.3 is 0 Å². The van der Waals surface area contributed by atoms with Gasteiger partial charge in [-0.15, -0.1) is 0 Å². The maximum Gasteiger partial charge on any atom is 0.268 e. The zero-order valence-corrected chi connectivity index (χ0v) is 12.7. The van der Waals surface area contributed by atoms with Crippen molar-refractivity contribution in [2.45, 2.75) is 52.1 Å². The number of carbonyl (C=O) groups excluding carboxylic acids is 1. The number of carbonyl (C=O) groups is 1. The monoisotopic (exact) mass is 312 g/mol. The van der Waals surface area contributed by atoms with Gasteiger partial charge in [-0.3, -0.25) is 4.79 Å². The van der Waals surface area contributed by atoms with Gasteiger partial charge in [0.15, 0.2) is 0 Å². The van der Waals surface area contributed by atoms with E-state index in [0.717, 1.165) is 35.5 Å². The maximum atomic E-state index is 12.3. The summed E-state index contributed by atoms with van der Waals surface area (Å²) in [5.41, 5.74) is 0.749. The molecule has 0 bridgehead atoms. The van der Waals surface area contributed by atoms with E-state index < -0.39 is 0 Å². The van der Waals surface area contributed by atoms with Gasteiger partial charge in [0.2, 0.25) is 0 Å². The molecule has 0 aromatic carbocycles. The molecule has 100 valence electrons. The van der Waals surface area contributed by atoms with E-state index in [0.29, 0.717) is 6.04 Å². The van der Waals surface area contributed by atoms with E-state index >= 15 is 0 Å². The molecule has 1 aliphatic rings. The highest BCUT2D eigenvalue weighted by Crippen LogP contribution is 2.34. The second kappa shape index (κ2) is 5.91. The summed E-state index contributed by atoms with van der Waals surface area (Å²) in [6, 6.07) is 2.21.